The number of carbonyl (C=O) groups is 1. The van der Waals surface area contributed by atoms with Gasteiger partial charge >= 0.3 is 5.97 Å². The summed E-state index contributed by atoms with van der Waals surface area (Å²) < 4.78 is 7.48. The van der Waals surface area contributed by atoms with Gasteiger partial charge in [0.05, 0.1) is 12.0 Å². The molecule has 2 aromatic heterocycles. The number of rotatable bonds is 4. The van der Waals surface area contributed by atoms with Gasteiger partial charge in [0.2, 0.25) is 5.82 Å². The number of nitrogens with zero attached hydrogens (tertiary/aromatic N) is 4. The van der Waals surface area contributed by atoms with Crippen LogP contribution in [0.5, 0.6) is 0 Å². The van der Waals surface area contributed by atoms with Gasteiger partial charge in [-0.05, 0) is 51.3 Å². The van der Waals surface area contributed by atoms with Crippen LogP contribution in [0.4, 0.5) is 0 Å². The minimum Gasteiger partial charge on any atom is -0.481 e. The number of aromatic nitrogens is 4. The molecule has 0 unspecified atom stereocenters. The Morgan fingerprint density at radius 3 is 2.84 bits per heavy atom. The summed E-state index contributed by atoms with van der Waals surface area (Å²) in [6, 6.07) is 3.48. The summed E-state index contributed by atoms with van der Waals surface area (Å²) in [5.74, 6) is 0.163. The first-order chi connectivity index (χ1) is 9.11. The number of halogens is 1. The Morgan fingerprint density at radius 1 is 1.53 bits per heavy atom. The molecule has 0 amide bonds. The van der Waals surface area contributed by atoms with Crippen molar-refractivity contribution >= 4 is 21.9 Å². The summed E-state index contributed by atoms with van der Waals surface area (Å²) in [5, 5.41) is 20.7. The van der Waals surface area contributed by atoms with Gasteiger partial charge in [-0.1, -0.05) is 6.42 Å². The van der Waals surface area contributed by atoms with Crippen LogP contribution in [0.1, 0.15) is 19.3 Å². The highest BCUT2D eigenvalue weighted by Crippen LogP contribution is 2.43. The maximum Gasteiger partial charge on any atom is 0.311 e. The first kappa shape index (κ1) is 12.3. The van der Waals surface area contributed by atoms with Crippen LogP contribution < -0.4 is 0 Å². The van der Waals surface area contributed by atoms with Crippen molar-refractivity contribution < 1.29 is 14.3 Å². The second-order valence-electron chi connectivity index (χ2n) is 4.70. The summed E-state index contributed by atoms with van der Waals surface area (Å²) in [7, 11) is 0. The van der Waals surface area contributed by atoms with E-state index < -0.39 is 11.4 Å². The maximum atomic E-state index is 11.4. The fourth-order valence-electron chi connectivity index (χ4n) is 2.25. The molecule has 1 aliphatic carbocycles. The topological polar surface area (TPSA) is 94.0 Å². The predicted molar refractivity (Wildman–Crippen MR) is 67.1 cm³/mol. The molecular formula is C11H11BrN4O3. The molecular weight excluding hydrogens is 316 g/mol. The smallest absolute Gasteiger partial charge is 0.311 e. The highest BCUT2D eigenvalue weighted by atomic mass is 79.9. The summed E-state index contributed by atoms with van der Waals surface area (Å²) in [4.78, 5) is 11.4. The summed E-state index contributed by atoms with van der Waals surface area (Å²) in [6.45, 7) is 0.267. The van der Waals surface area contributed by atoms with E-state index in [-0.39, 0.29) is 6.54 Å². The lowest BCUT2D eigenvalue weighted by Crippen LogP contribution is -2.42. The standard InChI is InChI=1S/C11H11BrN4O3/c12-8-3-2-7(19-8)9-13-14-15-16(9)6-11(10(17)18)4-1-5-11/h2-3H,1,4-6H2,(H,17,18). The fraction of sp³-hybridized carbons (Fsp3) is 0.455. The second kappa shape index (κ2) is 4.44. The maximum absolute atomic E-state index is 11.4. The number of aliphatic carboxylic acids is 1. The molecule has 2 aromatic rings. The van der Waals surface area contributed by atoms with E-state index in [9.17, 15) is 9.90 Å². The zero-order chi connectivity index (χ0) is 13.5. The highest BCUT2D eigenvalue weighted by Gasteiger charge is 2.45. The lowest BCUT2D eigenvalue weighted by molar-refractivity contribution is -0.156. The van der Waals surface area contributed by atoms with Crippen LogP contribution >= 0.6 is 15.9 Å². The van der Waals surface area contributed by atoms with E-state index in [1.165, 1.54) is 4.68 Å². The van der Waals surface area contributed by atoms with E-state index in [1.807, 2.05) is 0 Å². The molecule has 19 heavy (non-hydrogen) atoms. The Balaban J connectivity index is 1.90. The summed E-state index contributed by atoms with van der Waals surface area (Å²) in [5.41, 5.74) is -0.742. The molecule has 8 heteroatoms. The first-order valence-corrected chi connectivity index (χ1v) is 6.65. The number of furan rings is 1. The molecule has 7 nitrogen and oxygen atoms in total. The predicted octanol–water partition coefficient (Wildman–Crippen LogP) is 1.95. The van der Waals surface area contributed by atoms with E-state index in [2.05, 4.69) is 31.5 Å². The van der Waals surface area contributed by atoms with Crippen LogP contribution in [0, 0.1) is 5.41 Å². The van der Waals surface area contributed by atoms with Crippen LogP contribution in [0.3, 0.4) is 0 Å². The van der Waals surface area contributed by atoms with Gasteiger partial charge < -0.3 is 9.52 Å². The van der Waals surface area contributed by atoms with Crippen molar-refractivity contribution in [1.29, 1.82) is 0 Å². The van der Waals surface area contributed by atoms with Crippen molar-refractivity contribution in [3.05, 3.63) is 16.8 Å². The van der Waals surface area contributed by atoms with E-state index in [0.29, 0.717) is 29.1 Å². The monoisotopic (exact) mass is 326 g/mol. The molecule has 0 saturated heterocycles. The molecule has 1 N–H and O–H groups in total. The zero-order valence-corrected chi connectivity index (χ0v) is 11.5. The number of carboxylic acid groups (broad SMARTS) is 1. The van der Waals surface area contributed by atoms with Gasteiger partial charge in [0.15, 0.2) is 10.4 Å². The molecule has 1 aliphatic rings. The molecule has 0 aromatic carbocycles. The molecule has 100 valence electrons. The van der Waals surface area contributed by atoms with Crippen LogP contribution in [0.25, 0.3) is 11.6 Å². The van der Waals surface area contributed by atoms with Crippen molar-refractivity contribution in [1.82, 2.24) is 20.2 Å². The average Bonchev–Trinajstić information content (AvgIpc) is 2.91. The van der Waals surface area contributed by atoms with Gasteiger partial charge in [0.25, 0.3) is 0 Å². The number of hydrogen-bond donors (Lipinski definition) is 1. The molecule has 1 fully saturated rings. The third-order valence-corrected chi connectivity index (χ3v) is 3.97. The molecule has 2 heterocycles. The van der Waals surface area contributed by atoms with E-state index in [0.717, 1.165) is 6.42 Å². The summed E-state index contributed by atoms with van der Waals surface area (Å²) >= 11 is 3.21. The van der Waals surface area contributed by atoms with Gasteiger partial charge in [-0.3, -0.25) is 4.79 Å². The van der Waals surface area contributed by atoms with Gasteiger partial charge in [-0.25, -0.2) is 4.68 Å². The van der Waals surface area contributed by atoms with E-state index >= 15 is 0 Å². The van der Waals surface area contributed by atoms with Crippen LogP contribution in [-0.2, 0) is 11.3 Å². The molecule has 0 spiro atoms. The molecule has 3 rings (SSSR count). The largest absolute Gasteiger partial charge is 0.481 e. The molecule has 0 atom stereocenters. The summed E-state index contributed by atoms with van der Waals surface area (Å²) in [6.07, 6.45) is 2.24. The quantitative estimate of drug-likeness (QED) is 0.922. The number of carboxylic acids is 1. The Labute approximate surface area is 116 Å². The van der Waals surface area contributed by atoms with Crippen molar-refractivity contribution in [2.24, 2.45) is 5.41 Å². The Bertz CT molecular complexity index is 617. The van der Waals surface area contributed by atoms with E-state index in [4.69, 9.17) is 4.42 Å². The SMILES string of the molecule is O=C(O)C1(Cn2nnnc2-c2ccc(Br)o2)CCC1. The average molecular weight is 327 g/mol. The molecule has 0 radical (unpaired) electrons. The third-order valence-electron chi connectivity index (χ3n) is 3.54. The fourth-order valence-corrected chi connectivity index (χ4v) is 2.56. The zero-order valence-electron chi connectivity index (χ0n) is 9.91. The molecule has 1 saturated carbocycles. The van der Waals surface area contributed by atoms with Gasteiger partial charge in [0.1, 0.15) is 0 Å². The van der Waals surface area contributed by atoms with Gasteiger partial charge in [0, 0.05) is 0 Å². The minimum absolute atomic E-state index is 0.267. The lowest BCUT2D eigenvalue weighted by Gasteiger charge is -2.37. The Hall–Kier alpha value is -1.70. The normalized spacial score (nSPS) is 17.1. The Kier molecular flexibility index (Phi) is 2.89. The second-order valence-corrected chi connectivity index (χ2v) is 5.48. The van der Waals surface area contributed by atoms with Crippen LogP contribution in [0.15, 0.2) is 21.2 Å². The number of tetrazole rings is 1. The first-order valence-electron chi connectivity index (χ1n) is 5.86. The van der Waals surface area contributed by atoms with Crippen LogP contribution in [0.2, 0.25) is 0 Å². The van der Waals surface area contributed by atoms with E-state index in [1.54, 1.807) is 12.1 Å². The highest BCUT2D eigenvalue weighted by molar-refractivity contribution is 9.10. The molecule has 0 bridgehead atoms. The van der Waals surface area contributed by atoms with Crippen molar-refractivity contribution in [3.8, 4) is 11.6 Å². The minimum atomic E-state index is -0.791. The van der Waals surface area contributed by atoms with Gasteiger partial charge in [-0.15, -0.1) is 5.10 Å². The Morgan fingerprint density at radius 2 is 2.32 bits per heavy atom. The molecule has 0 aliphatic heterocycles. The van der Waals surface area contributed by atoms with Crippen molar-refractivity contribution in [2.45, 2.75) is 25.8 Å². The van der Waals surface area contributed by atoms with Crippen molar-refractivity contribution in [2.75, 3.05) is 0 Å². The third kappa shape index (κ3) is 2.05. The van der Waals surface area contributed by atoms with Crippen LogP contribution in [-0.4, -0.2) is 31.3 Å². The van der Waals surface area contributed by atoms with Gasteiger partial charge in [-0.2, -0.15) is 0 Å². The lowest BCUT2D eigenvalue weighted by atomic mass is 9.69. The number of hydrogen-bond acceptors (Lipinski definition) is 5. The van der Waals surface area contributed by atoms with Crippen molar-refractivity contribution in [3.63, 3.8) is 0 Å².